The summed E-state index contributed by atoms with van der Waals surface area (Å²) in [4.78, 5) is 24.9. The van der Waals surface area contributed by atoms with Gasteiger partial charge >= 0.3 is 5.97 Å². The number of para-hydroxylation sites is 1. The number of ether oxygens (including phenoxy) is 1. The van der Waals surface area contributed by atoms with Crippen molar-refractivity contribution in [2.45, 2.75) is 97.4 Å². The largest absolute Gasteiger partial charge is 0.425 e. The maximum absolute atomic E-state index is 12.5. The number of amides is 1. The number of esters is 1. The molecule has 0 aliphatic carbocycles. The van der Waals surface area contributed by atoms with Gasteiger partial charge in [0.05, 0.1) is 5.75 Å². The zero-order valence-electron chi connectivity index (χ0n) is 21.0. The molecule has 186 valence electrons. The van der Waals surface area contributed by atoms with E-state index in [1.807, 2.05) is 32.0 Å². The van der Waals surface area contributed by atoms with Gasteiger partial charge in [-0.2, -0.15) is 11.8 Å². The van der Waals surface area contributed by atoms with Crippen LogP contribution in [0.25, 0.3) is 0 Å². The minimum atomic E-state index is -0.614. The first kappa shape index (κ1) is 29.3. The van der Waals surface area contributed by atoms with Gasteiger partial charge in [-0.05, 0) is 62.3 Å². The maximum Gasteiger partial charge on any atom is 0.334 e. The Kier molecular flexibility index (Phi) is 17.5. The smallest absolute Gasteiger partial charge is 0.334 e. The second kappa shape index (κ2) is 19.7. The van der Waals surface area contributed by atoms with E-state index in [0.717, 1.165) is 18.6 Å². The predicted molar refractivity (Wildman–Crippen MR) is 142 cm³/mol. The average molecular weight is 476 g/mol. The monoisotopic (exact) mass is 475 g/mol. The number of thioether (sulfide) groups is 1. The van der Waals surface area contributed by atoms with E-state index in [1.54, 1.807) is 23.9 Å². The average Bonchev–Trinajstić information content (AvgIpc) is 2.79. The molecule has 0 fully saturated rings. The lowest BCUT2D eigenvalue weighted by atomic mass is 10.0. The fourth-order valence-corrected chi connectivity index (χ4v) is 4.33. The van der Waals surface area contributed by atoms with Crippen molar-refractivity contribution in [3.05, 3.63) is 42.5 Å². The molecule has 5 heteroatoms. The molecule has 0 radical (unpaired) electrons. The highest BCUT2D eigenvalue weighted by molar-refractivity contribution is 7.99. The molecule has 0 spiro atoms. The Morgan fingerprint density at radius 2 is 1.58 bits per heavy atom. The van der Waals surface area contributed by atoms with Crippen molar-refractivity contribution in [3.63, 3.8) is 0 Å². The van der Waals surface area contributed by atoms with Gasteiger partial charge in [0, 0.05) is 0 Å². The molecule has 1 aromatic rings. The fourth-order valence-electron chi connectivity index (χ4n) is 3.51. The lowest BCUT2D eigenvalue weighted by Gasteiger charge is -2.19. The van der Waals surface area contributed by atoms with Crippen LogP contribution >= 0.6 is 11.8 Å². The second-order valence-corrected chi connectivity index (χ2v) is 10.2. The first-order valence-electron chi connectivity index (χ1n) is 12.8. The van der Waals surface area contributed by atoms with Crippen LogP contribution in [0, 0.1) is 5.92 Å². The zero-order chi connectivity index (χ0) is 24.2. The Bertz CT molecular complexity index is 660. The summed E-state index contributed by atoms with van der Waals surface area (Å²) in [5.41, 5.74) is 0. The van der Waals surface area contributed by atoms with Crippen LogP contribution in [-0.2, 0) is 9.59 Å². The quantitative estimate of drug-likeness (QED) is 0.0984. The van der Waals surface area contributed by atoms with Crippen LogP contribution in [0.15, 0.2) is 42.5 Å². The number of hydrogen-bond acceptors (Lipinski definition) is 4. The third kappa shape index (κ3) is 16.5. The third-order valence-electron chi connectivity index (χ3n) is 5.32. The van der Waals surface area contributed by atoms with Crippen molar-refractivity contribution >= 4 is 23.6 Å². The maximum atomic E-state index is 12.5. The molecule has 0 heterocycles. The highest BCUT2D eigenvalue weighted by atomic mass is 32.2. The number of allylic oxidation sites excluding steroid dienone is 2. The van der Waals surface area contributed by atoms with E-state index in [2.05, 4.69) is 24.4 Å². The molecule has 0 saturated carbocycles. The number of carbonyl (C=O) groups is 2. The van der Waals surface area contributed by atoms with E-state index in [4.69, 9.17) is 4.74 Å². The molecule has 4 nitrogen and oxygen atoms in total. The third-order valence-corrected chi connectivity index (χ3v) is 6.37. The van der Waals surface area contributed by atoms with E-state index in [-0.39, 0.29) is 11.8 Å². The topological polar surface area (TPSA) is 55.4 Å². The first-order valence-corrected chi connectivity index (χ1v) is 14.0. The Balaban J connectivity index is 2.14. The van der Waals surface area contributed by atoms with Crippen LogP contribution < -0.4 is 10.1 Å². The predicted octanol–water partition coefficient (Wildman–Crippen LogP) is 7.33. The highest BCUT2D eigenvalue weighted by Crippen LogP contribution is 2.14. The molecule has 1 N–H and O–H groups in total. The molecule has 0 bridgehead atoms. The Hall–Kier alpha value is -1.75. The molecule has 1 atom stereocenters. The molecule has 0 aromatic heterocycles. The number of carbonyl (C=O) groups excluding carboxylic acids is 2. The number of rotatable bonds is 19. The Morgan fingerprint density at radius 1 is 0.939 bits per heavy atom. The molecule has 0 aliphatic heterocycles. The van der Waals surface area contributed by atoms with Crippen molar-refractivity contribution in [3.8, 4) is 5.75 Å². The van der Waals surface area contributed by atoms with Gasteiger partial charge in [0.1, 0.15) is 11.8 Å². The van der Waals surface area contributed by atoms with Crippen LogP contribution in [-0.4, -0.2) is 29.4 Å². The summed E-state index contributed by atoms with van der Waals surface area (Å²) in [6.45, 7) is 6.32. The van der Waals surface area contributed by atoms with Crippen molar-refractivity contribution in [2.24, 2.45) is 5.92 Å². The van der Waals surface area contributed by atoms with E-state index in [9.17, 15) is 9.59 Å². The van der Waals surface area contributed by atoms with E-state index in [0.29, 0.717) is 17.9 Å². The summed E-state index contributed by atoms with van der Waals surface area (Å²) in [6, 6.07) is 8.38. The summed E-state index contributed by atoms with van der Waals surface area (Å²) >= 11 is 1.64. The van der Waals surface area contributed by atoms with Gasteiger partial charge in [-0.25, -0.2) is 4.79 Å². The van der Waals surface area contributed by atoms with E-state index >= 15 is 0 Å². The van der Waals surface area contributed by atoms with Crippen molar-refractivity contribution in [1.82, 2.24) is 5.32 Å². The normalized spacial score (nSPS) is 12.2. The summed E-state index contributed by atoms with van der Waals surface area (Å²) in [6.07, 6.45) is 17.8. The van der Waals surface area contributed by atoms with Crippen molar-refractivity contribution < 1.29 is 14.3 Å². The SMILES string of the molecule is CCCCCCC/C=C\CCCCCSCC(=O)NC(CC(C)C)C(=O)Oc1ccccc1. The summed E-state index contributed by atoms with van der Waals surface area (Å²) in [5.74, 6) is 1.63. The minimum Gasteiger partial charge on any atom is -0.425 e. The second-order valence-electron chi connectivity index (χ2n) is 9.06. The molecular formula is C28H45NO3S. The summed E-state index contributed by atoms with van der Waals surface area (Å²) in [5, 5.41) is 2.87. The molecule has 1 amide bonds. The molecule has 33 heavy (non-hydrogen) atoms. The molecule has 1 aromatic carbocycles. The van der Waals surface area contributed by atoms with E-state index in [1.165, 1.54) is 51.4 Å². The molecule has 1 unspecified atom stereocenters. The van der Waals surface area contributed by atoms with Crippen LogP contribution in [0.1, 0.15) is 91.4 Å². The molecule has 0 aliphatic rings. The standard InChI is InChI=1S/C28H45NO3S/c1-4-5-6-7-8-9-10-11-12-13-14-18-21-33-23-27(30)29-26(22-24(2)3)28(31)32-25-19-16-15-17-20-25/h10-11,15-17,19-20,24,26H,4-9,12-14,18,21-23H2,1-3H3,(H,29,30)/b11-10-. The lowest BCUT2D eigenvalue weighted by Crippen LogP contribution is -2.44. The summed E-state index contributed by atoms with van der Waals surface area (Å²) < 4.78 is 5.44. The van der Waals surface area contributed by atoms with Gasteiger partial charge in [-0.3, -0.25) is 4.79 Å². The van der Waals surface area contributed by atoms with Crippen molar-refractivity contribution in [2.75, 3.05) is 11.5 Å². The van der Waals surface area contributed by atoms with Crippen LogP contribution in [0.2, 0.25) is 0 Å². The van der Waals surface area contributed by atoms with Crippen LogP contribution in [0.3, 0.4) is 0 Å². The number of hydrogen-bond donors (Lipinski definition) is 1. The van der Waals surface area contributed by atoms with E-state index < -0.39 is 12.0 Å². The van der Waals surface area contributed by atoms with Crippen LogP contribution in [0.5, 0.6) is 5.75 Å². The van der Waals surface area contributed by atoms with Gasteiger partial charge in [0.25, 0.3) is 0 Å². The summed E-state index contributed by atoms with van der Waals surface area (Å²) in [7, 11) is 0. The van der Waals surface area contributed by atoms with Gasteiger partial charge in [0.2, 0.25) is 5.91 Å². The zero-order valence-corrected chi connectivity index (χ0v) is 21.8. The lowest BCUT2D eigenvalue weighted by molar-refractivity contribution is -0.139. The molecular weight excluding hydrogens is 430 g/mol. The Morgan fingerprint density at radius 3 is 2.21 bits per heavy atom. The highest BCUT2D eigenvalue weighted by Gasteiger charge is 2.23. The fraction of sp³-hybridized carbons (Fsp3) is 0.643. The Labute approximate surface area is 206 Å². The number of benzene rings is 1. The minimum absolute atomic E-state index is 0.0995. The van der Waals surface area contributed by atoms with Crippen LogP contribution in [0.4, 0.5) is 0 Å². The number of unbranched alkanes of at least 4 members (excludes halogenated alkanes) is 8. The number of nitrogens with one attached hydrogen (secondary N) is 1. The molecule has 1 rings (SSSR count). The first-order chi connectivity index (χ1) is 16.0. The van der Waals surface area contributed by atoms with Gasteiger partial charge < -0.3 is 10.1 Å². The van der Waals surface area contributed by atoms with Gasteiger partial charge in [-0.15, -0.1) is 0 Å². The molecule has 0 saturated heterocycles. The van der Waals surface area contributed by atoms with Gasteiger partial charge in [0.15, 0.2) is 0 Å². The van der Waals surface area contributed by atoms with Crippen molar-refractivity contribution in [1.29, 1.82) is 0 Å². The van der Waals surface area contributed by atoms with Gasteiger partial charge in [-0.1, -0.05) is 83.2 Å².